The summed E-state index contributed by atoms with van der Waals surface area (Å²) in [5.41, 5.74) is -6.30. The average Bonchev–Trinajstić information content (AvgIpc) is 2.76. The molecule has 3 aliphatic rings. The Hall–Kier alpha value is -1.10. The first-order valence-electron chi connectivity index (χ1n) is 13.3. The standard InChI is InChI=1S/C27H48N2O7/c1-10-24(5)15-19(32)27(33)25(6)18(31)11-12-23(3,4)21(25)20(34-16-28-13-14-29(8)9)22(35-17(2)30)26(27,7)36-24/h18,20-22,28,31,33H,10-16H2,1-9H3/t18-,20-,21-,22-,24-,25-,26+,27-/m0/s1. The second-order valence-corrected chi connectivity index (χ2v) is 12.7. The number of likely N-dealkylation sites (N-methyl/N-ethyl adjacent to an activating group) is 1. The lowest BCUT2D eigenvalue weighted by Crippen LogP contribution is -2.87. The molecule has 8 atom stereocenters. The lowest BCUT2D eigenvalue weighted by atomic mass is 9.39. The molecular weight excluding hydrogens is 464 g/mol. The normalized spacial score (nSPS) is 44.2. The molecule has 0 spiro atoms. The van der Waals surface area contributed by atoms with Crippen molar-refractivity contribution in [1.29, 1.82) is 0 Å². The highest BCUT2D eigenvalue weighted by Crippen LogP contribution is 2.67. The van der Waals surface area contributed by atoms with Crippen LogP contribution in [-0.4, -0.2) is 95.9 Å². The van der Waals surface area contributed by atoms with Crippen molar-refractivity contribution in [2.24, 2.45) is 16.7 Å². The first kappa shape index (κ1) is 29.5. The molecular formula is C27H48N2O7. The number of fused-ring (bicyclic) bond motifs is 3. The molecule has 0 unspecified atom stereocenters. The van der Waals surface area contributed by atoms with E-state index in [1.54, 1.807) is 13.8 Å². The molecule has 1 aliphatic heterocycles. The zero-order chi connectivity index (χ0) is 27.3. The van der Waals surface area contributed by atoms with Gasteiger partial charge in [-0.25, -0.2) is 0 Å². The molecule has 0 amide bonds. The number of carbonyl (C=O) groups excluding carboxylic acids is 2. The highest BCUT2D eigenvalue weighted by atomic mass is 16.6. The molecule has 0 radical (unpaired) electrons. The Morgan fingerprint density at radius 1 is 1.22 bits per heavy atom. The van der Waals surface area contributed by atoms with E-state index in [2.05, 4.69) is 24.1 Å². The summed E-state index contributed by atoms with van der Waals surface area (Å²) in [6, 6.07) is 0. The van der Waals surface area contributed by atoms with Gasteiger partial charge in [-0.15, -0.1) is 0 Å². The van der Waals surface area contributed by atoms with E-state index >= 15 is 0 Å². The van der Waals surface area contributed by atoms with Gasteiger partial charge < -0.3 is 29.3 Å². The maximum Gasteiger partial charge on any atom is 0.303 e. The van der Waals surface area contributed by atoms with Gasteiger partial charge in [-0.1, -0.05) is 27.7 Å². The van der Waals surface area contributed by atoms with Crippen LogP contribution in [0.25, 0.3) is 0 Å². The summed E-state index contributed by atoms with van der Waals surface area (Å²) in [5.74, 6) is -1.43. The number of ketones is 1. The van der Waals surface area contributed by atoms with Crippen LogP contribution in [0.1, 0.15) is 74.1 Å². The molecule has 2 saturated carbocycles. The molecule has 3 fully saturated rings. The zero-order valence-electron chi connectivity index (χ0n) is 23.6. The summed E-state index contributed by atoms with van der Waals surface area (Å²) in [6.45, 7) is 14.3. The van der Waals surface area contributed by atoms with Gasteiger partial charge in [-0.2, -0.15) is 0 Å². The van der Waals surface area contributed by atoms with E-state index in [9.17, 15) is 19.8 Å². The van der Waals surface area contributed by atoms with Crippen molar-refractivity contribution < 1.29 is 34.0 Å². The molecule has 3 N–H and O–H groups in total. The van der Waals surface area contributed by atoms with E-state index < -0.39 is 57.8 Å². The minimum atomic E-state index is -2.09. The van der Waals surface area contributed by atoms with Crippen LogP contribution >= 0.6 is 0 Å². The summed E-state index contributed by atoms with van der Waals surface area (Å²) < 4.78 is 19.1. The van der Waals surface area contributed by atoms with Gasteiger partial charge in [0.05, 0.1) is 18.4 Å². The van der Waals surface area contributed by atoms with Crippen molar-refractivity contribution in [1.82, 2.24) is 10.2 Å². The highest BCUT2D eigenvalue weighted by Gasteiger charge is 2.81. The monoisotopic (exact) mass is 512 g/mol. The van der Waals surface area contributed by atoms with E-state index in [0.29, 0.717) is 25.8 Å². The fraction of sp³-hybridized carbons (Fsp3) is 0.926. The van der Waals surface area contributed by atoms with E-state index in [0.717, 1.165) is 6.54 Å². The van der Waals surface area contributed by atoms with Crippen LogP contribution in [0.3, 0.4) is 0 Å². The summed E-state index contributed by atoms with van der Waals surface area (Å²) in [5, 5.41) is 27.4. The summed E-state index contributed by atoms with van der Waals surface area (Å²) in [4.78, 5) is 28.5. The summed E-state index contributed by atoms with van der Waals surface area (Å²) in [6.07, 6.45) is -1.11. The zero-order valence-corrected chi connectivity index (χ0v) is 23.6. The number of ether oxygens (including phenoxy) is 3. The maximum atomic E-state index is 14.0. The smallest absolute Gasteiger partial charge is 0.303 e. The fourth-order valence-corrected chi connectivity index (χ4v) is 7.46. The first-order chi connectivity index (χ1) is 16.5. The van der Waals surface area contributed by atoms with Crippen LogP contribution in [0.4, 0.5) is 0 Å². The van der Waals surface area contributed by atoms with Crippen molar-refractivity contribution in [2.45, 2.75) is 109 Å². The largest absolute Gasteiger partial charge is 0.457 e. The third-order valence-corrected chi connectivity index (χ3v) is 9.46. The molecule has 9 heteroatoms. The van der Waals surface area contributed by atoms with Crippen LogP contribution in [0.15, 0.2) is 0 Å². The van der Waals surface area contributed by atoms with Crippen LogP contribution in [0.2, 0.25) is 0 Å². The van der Waals surface area contributed by atoms with E-state index in [1.807, 2.05) is 27.9 Å². The molecule has 208 valence electrons. The van der Waals surface area contributed by atoms with Crippen molar-refractivity contribution in [2.75, 3.05) is 33.9 Å². The number of Topliss-reactive ketones (excluding diaryl/α,β-unsaturated/α-hetero) is 1. The van der Waals surface area contributed by atoms with Crippen LogP contribution in [0, 0.1) is 16.7 Å². The Kier molecular flexibility index (Phi) is 8.10. The molecule has 0 aromatic rings. The van der Waals surface area contributed by atoms with Gasteiger partial charge in [0.15, 0.2) is 17.5 Å². The lowest BCUT2D eigenvalue weighted by Gasteiger charge is -2.71. The van der Waals surface area contributed by atoms with Gasteiger partial charge in [-0.3, -0.25) is 14.9 Å². The average molecular weight is 513 g/mol. The van der Waals surface area contributed by atoms with Gasteiger partial charge in [0.25, 0.3) is 0 Å². The van der Waals surface area contributed by atoms with E-state index in [4.69, 9.17) is 14.2 Å². The Bertz CT molecular complexity index is 850. The number of nitrogens with one attached hydrogen (secondary N) is 1. The molecule has 0 bridgehead atoms. The minimum absolute atomic E-state index is 0.00938. The molecule has 1 saturated heterocycles. The number of aliphatic hydroxyl groups excluding tert-OH is 1. The van der Waals surface area contributed by atoms with Crippen LogP contribution in [-0.2, 0) is 23.8 Å². The highest BCUT2D eigenvalue weighted by molar-refractivity contribution is 5.92. The molecule has 0 aromatic heterocycles. The summed E-state index contributed by atoms with van der Waals surface area (Å²) in [7, 11) is 3.98. The van der Waals surface area contributed by atoms with Gasteiger partial charge in [-0.05, 0) is 52.6 Å². The van der Waals surface area contributed by atoms with Gasteiger partial charge in [0.1, 0.15) is 11.7 Å². The van der Waals surface area contributed by atoms with Gasteiger partial charge >= 0.3 is 5.97 Å². The number of rotatable bonds is 8. The van der Waals surface area contributed by atoms with Crippen LogP contribution in [0.5, 0.6) is 0 Å². The number of hydrogen-bond donors (Lipinski definition) is 3. The predicted molar refractivity (Wildman–Crippen MR) is 135 cm³/mol. The SMILES string of the molecule is CC[C@@]1(C)CC(=O)[C@]2(O)[C@@]3(C)[C@@H](O)CCC(C)(C)[C@@H]3[C@H](OCNCCN(C)C)[C@H](OC(C)=O)[C@@]2(C)O1. The third kappa shape index (κ3) is 4.43. The van der Waals surface area contributed by atoms with E-state index in [-0.39, 0.29) is 18.9 Å². The Morgan fingerprint density at radius 3 is 2.42 bits per heavy atom. The van der Waals surface area contributed by atoms with Crippen molar-refractivity contribution in [3.8, 4) is 0 Å². The third-order valence-electron chi connectivity index (χ3n) is 9.46. The molecule has 3 rings (SSSR count). The fourth-order valence-electron chi connectivity index (χ4n) is 7.46. The number of aliphatic hydroxyl groups is 2. The van der Waals surface area contributed by atoms with Crippen molar-refractivity contribution >= 4 is 11.8 Å². The maximum absolute atomic E-state index is 14.0. The van der Waals surface area contributed by atoms with Gasteiger partial charge in [0, 0.05) is 37.8 Å². The summed E-state index contributed by atoms with van der Waals surface area (Å²) >= 11 is 0. The van der Waals surface area contributed by atoms with Gasteiger partial charge in [0.2, 0.25) is 0 Å². The molecule has 36 heavy (non-hydrogen) atoms. The predicted octanol–water partition coefficient (Wildman–Crippen LogP) is 1.88. The molecule has 1 heterocycles. The lowest BCUT2D eigenvalue weighted by molar-refractivity contribution is -0.379. The first-order valence-corrected chi connectivity index (χ1v) is 13.3. The van der Waals surface area contributed by atoms with Crippen molar-refractivity contribution in [3.05, 3.63) is 0 Å². The van der Waals surface area contributed by atoms with E-state index in [1.165, 1.54) is 6.92 Å². The molecule has 9 nitrogen and oxygen atoms in total. The minimum Gasteiger partial charge on any atom is -0.457 e. The number of nitrogens with zero attached hydrogens (tertiary/aromatic N) is 1. The Balaban J connectivity index is 2.18. The number of carbonyl (C=O) groups is 2. The van der Waals surface area contributed by atoms with Crippen LogP contribution < -0.4 is 5.32 Å². The Labute approximate surface area is 216 Å². The second kappa shape index (κ2) is 9.89. The number of esters is 1. The number of hydrogen-bond acceptors (Lipinski definition) is 9. The van der Waals surface area contributed by atoms with Crippen molar-refractivity contribution in [3.63, 3.8) is 0 Å². The quantitative estimate of drug-likeness (QED) is 0.254. The topological polar surface area (TPSA) is 118 Å². The second-order valence-electron chi connectivity index (χ2n) is 12.7. The molecule has 0 aromatic carbocycles. The molecule has 2 aliphatic carbocycles. The Morgan fingerprint density at radius 2 is 1.86 bits per heavy atom.